The first-order valence-corrected chi connectivity index (χ1v) is 5.91. The van der Waals surface area contributed by atoms with Gasteiger partial charge in [0, 0.05) is 0 Å². The second-order valence-corrected chi connectivity index (χ2v) is 4.19. The number of aryl methyl sites for hydroxylation is 2. The first kappa shape index (κ1) is 12.9. The van der Waals surface area contributed by atoms with Crippen molar-refractivity contribution in [1.82, 2.24) is 5.01 Å². The van der Waals surface area contributed by atoms with Gasteiger partial charge in [0.2, 0.25) is 0 Å². The van der Waals surface area contributed by atoms with E-state index in [-0.39, 0.29) is 5.11 Å². The van der Waals surface area contributed by atoms with E-state index in [1.165, 1.54) is 21.7 Å². The third kappa shape index (κ3) is 3.18. The smallest absolute Gasteiger partial charge is 0.180 e. The second-order valence-electron chi connectivity index (χ2n) is 3.78. The van der Waals surface area contributed by atoms with Crippen LogP contribution < -0.4 is 11.6 Å². The van der Waals surface area contributed by atoms with Crippen LogP contribution in [0.15, 0.2) is 18.2 Å². The molecule has 4 N–H and O–H groups in total. The van der Waals surface area contributed by atoms with Gasteiger partial charge in [0.05, 0.1) is 6.54 Å². The Morgan fingerprint density at radius 2 is 1.94 bits per heavy atom. The molecule has 0 saturated carbocycles. The molecular weight excluding hydrogens is 218 g/mol. The average molecular weight is 237 g/mol. The topological polar surface area (TPSA) is 55.3 Å². The summed E-state index contributed by atoms with van der Waals surface area (Å²) in [5.41, 5.74) is 9.29. The predicted molar refractivity (Wildman–Crippen MR) is 71.7 cm³/mol. The molecular formula is C12H19N3S. The van der Waals surface area contributed by atoms with E-state index in [2.05, 4.69) is 32.0 Å². The van der Waals surface area contributed by atoms with Crippen LogP contribution in [0.2, 0.25) is 0 Å². The molecule has 0 amide bonds. The Kier molecular flexibility index (Phi) is 4.71. The van der Waals surface area contributed by atoms with E-state index in [4.69, 9.17) is 23.8 Å². The maximum atomic E-state index is 5.73. The van der Waals surface area contributed by atoms with E-state index in [0.717, 1.165) is 12.8 Å². The molecule has 1 rings (SSSR count). The summed E-state index contributed by atoms with van der Waals surface area (Å²) in [6.07, 6.45) is 2.01. The monoisotopic (exact) mass is 237 g/mol. The van der Waals surface area contributed by atoms with Crippen molar-refractivity contribution in [1.29, 1.82) is 0 Å². The fraction of sp³-hybridized carbons (Fsp3) is 0.417. The highest BCUT2D eigenvalue weighted by Gasteiger charge is 2.06. The summed E-state index contributed by atoms with van der Waals surface area (Å²) in [7, 11) is 0. The highest BCUT2D eigenvalue weighted by atomic mass is 32.1. The number of hydrazine groups is 1. The molecule has 0 unspecified atom stereocenters. The number of nitrogens with two attached hydrogens (primary N) is 2. The largest absolute Gasteiger partial charge is 0.375 e. The van der Waals surface area contributed by atoms with Crippen LogP contribution in [0.3, 0.4) is 0 Å². The molecule has 0 radical (unpaired) electrons. The van der Waals surface area contributed by atoms with Crippen molar-refractivity contribution in [2.45, 2.75) is 33.2 Å². The van der Waals surface area contributed by atoms with Gasteiger partial charge in [-0.25, -0.2) is 5.84 Å². The molecule has 0 spiro atoms. The Balaban J connectivity index is 2.95. The molecule has 88 valence electrons. The summed E-state index contributed by atoms with van der Waals surface area (Å²) in [5, 5.41) is 1.63. The van der Waals surface area contributed by atoms with Gasteiger partial charge >= 0.3 is 0 Å². The lowest BCUT2D eigenvalue weighted by Crippen LogP contribution is -2.40. The molecule has 0 bridgehead atoms. The van der Waals surface area contributed by atoms with Crippen LogP contribution in [-0.2, 0) is 19.4 Å². The Labute approximate surface area is 102 Å². The molecule has 1 aromatic carbocycles. The number of thiocarbonyl (C=S) groups is 1. The molecule has 3 nitrogen and oxygen atoms in total. The summed E-state index contributed by atoms with van der Waals surface area (Å²) >= 11 is 4.84. The van der Waals surface area contributed by atoms with Crippen LogP contribution in [0, 0.1) is 0 Å². The van der Waals surface area contributed by atoms with Gasteiger partial charge in [-0.1, -0.05) is 32.0 Å². The van der Waals surface area contributed by atoms with E-state index in [0.29, 0.717) is 6.54 Å². The van der Waals surface area contributed by atoms with Crippen LogP contribution in [0.25, 0.3) is 0 Å². The molecule has 1 aromatic rings. The lowest BCUT2D eigenvalue weighted by molar-refractivity contribution is 0.435. The zero-order valence-electron chi connectivity index (χ0n) is 9.86. The molecule has 0 aromatic heterocycles. The number of benzene rings is 1. The molecule has 16 heavy (non-hydrogen) atoms. The Hall–Kier alpha value is -1.13. The van der Waals surface area contributed by atoms with Gasteiger partial charge < -0.3 is 5.73 Å². The molecule has 0 aliphatic rings. The van der Waals surface area contributed by atoms with E-state index >= 15 is 0 Å². The Morgan fingerprint density at radius 3 is 2.44 bits per heavy atom. The van der Waals surface area contributed by atoms with Crippen molar-refractivity contribution in [2.24, 2.45) is 11.6 Å². The number of rotatable bonds is 4. The quantitative estimate of drug-likeness (QED) is 0.476. The lowest BCUT2D eigenvalue weighted by Gasteiger charge is -2.18. The van der Waals surface area contributed by atoms with Crippen LogP contribution in [0.4, 0.5) is 0 Å². The number of nitrogens with zero attached hydrogens (tertiary/aromatic N) is 1. The predicted octanol–water partition coefficient (Wildman–Crippen LogP) is 1.73. The van der Waals surface area contributed by atoms with Gasteiger partial charge in [0.1, 0.15) is 0 Å². The van der Waals surface area contributed by atoms with Gasteiger partial charge in [-0.3, -0.25) is 5.01 Å². The van der Waals surface area contributed by atoms with Crippen molar-refractivity contribution >= 4 is 17.3 Å². The third-order valence-corrected chi connectivity index (χ3v) is 2.92. The molecule has 0 heterocycles. The van der Waals surface area contributed by atoms with E-state index < -0.39 is 0 Å². The van der Waals surface area contributed by atoms with E-state index in [1.807, 2.05) is 0 Å². The molecule has 4 heteroatoms. The van der Waals surface area contributed by atoms with Gasteiger partial charge in [0.15, 0.2) is 5.11 Å². The maximum Gasteiger partial charge on any atom is 0.180 e. The Bertz CT molecular complexity index is 377. The first-order valence-electron chi connectivity index (χ1n) is 5.50. The number of hydrogen-bond acceptors (Lipinski definition) is 2. The third-order valence-electron chi connectivity index (χ3n) is 2.68. The molecule has 0 saturated heterocycles. The maximum absolute atomic E-state index is 5.73. The molecule has 0 aliphatic heterocycles. The summed E-state index contributed by atoms with van der Waals surface area (Å²) in [6.45, 7) is 4.84. The second kappa shape index (κ2) is 5.82. The highest BCUT2D eigenvalue weighted by Crippen LogP contribution is 2.15. The van der Waals surface area contributed by atoms with Crippen LogP contribution in [0.5, 0.6) is 0 Å². The van der Waals surface area contributed by atoms with Gasteiger partial charge in [-0.2, -0.15) is 0 Å². The van der Waals surface area contributed by atoms with Crippen LogP contribution in [-0.4, -0.2) is 10.1 Å². The molecule has 0 aliphatic carbocycles. The SMILES string of the molecule is CCc1ccc(CC)c(CN(N)C(N)=S)c1. The fourth-order valence-electron chi connectivity index (χ4n) is 1.65. The summed E-state index contributed by atoms with van der Waals surface area (Å²) in [4.78, 5) is 0. The van der Waals surface area contributed by atoms with Gasteiger partial charge in [-0.15, -0.1) is 0 Å². The van der Waals surface area contributed by atoms with E-state index in [9.17, 15) is 0 Å². The highest BCUT2D eigenvalue weighted by molar-refractivity contribution is 7.80. The fourth-order valence-corrected chi connectivity index (χ4v) is 1.72. The van der Waals surface area contributed by atoms with Gasteiger partial charge in [0.25, 0.3) is 0 Å². The minimum Gasteiger partial charge on any atom is -0.375 e. The summed E-state index contributed by atoms with van der Waals surface area (Å²) in [5.74, 6) is 5.73. The van der Waals surface area contributed by atoms with E-state index in [1.54, 1.807) is 0 Å². The standard InChI is InChI=1S/C12H19N3S/c1-3-9-5-6-10(4-2)11(7-9)8-15(14)12(13)16/h5-7H,3-4,8,14H2,1-2H3,(H2,13,16). The minimum atomic E-state index is 0.226. The van der Waals surface area contributed by atoms with Gasteiger partial charge in [-0.05, 0) is 41.7 Å². The zero-order chi connectivity index (χ0) is 12.1. The molecule has 0 atom stereocenters. The molecule has 0 fully saturated rings. The van der Waals surface area contributed by atoms with Crippen molar-refractivity contribution in [3.8, 4) is 0 Å². The normalized spacial score (nSPS) is 10.2. The summed E-state index contributed by atoms with van der Waals surface area (Å²) in [6, 6.07) is 6.49. The van der Waals surface area contributed by atoms with Crippen molar-refractivity contribution in [3.63, 3.8) is 0 Å². The Morgan fingerprint density at radius 1 is 1.25 bits per heavy atom. The average Bonchev–Trinajstić information content (AvgIpc) is 2.28. The van der Waals surface area contributed by atoms with Crippen LogP contribution >= 0.6 is 12.2 Å². The number of hydrogen-bond donors (Lipinski definition) is 2. The van der Waals surface area contributed by atoms with Crippen molar-refractivity contribution in [2.75, 3.05) is 0 Å². The lowest BCUT2D eigenvalue weighted by atomic mass is 10.0. The summed E-state index contributed by atoms with van der Waals surface area (Å²) < 4.78 is 0. The minimum absolute atomic E-state index is 0.226. The van der Waals surface area contributed by atoms with Crippen molar-refractivity contribution in [3.05, 3.63) is 34.9 Å². The van der Waals surface area contributed by atoms with Crippen LogP contribution in [0.1, 0.15) is 30.5 Å². The first-order chi connectivity index (χ1) is 7.58. The zero-order valence-corrected chi connectivity index (χ0v) is 10.7. The van der Waals surface area contributed by atoms with Crippen molar-refractivity contribution < 1.29 is 0 Å².